The number of aliphatic hydroxyl groups is 1. The molecule has 6 heteroatoms. The van der Waals surface area contributed by atoms with Crippen LogP contribution in [0.5, 0.6) is 0 Å². The average molecular weight is 332 g/mol. The Bertz CT molecular complexity index is 401. The molecular weight excluding hydrogens is 310 g/mol. The molecule has 0 aliphatic carbocycles. The Hall–Kier alpha value is -0.720. The monoisotopic (exact) mass is 331 g/mol. The lowest BCUT2D eigenvalue weighted by atomic mass is 9.96. The second-order valence-corrected chi connectivity index (χ2v) is 6.27. The minimum Gasteiger partial charge on any atom is -0.396 e. The number of ether oxygens (including phenoxy) is 1. The van der Waals surface area contributed by atoms with Crippen LogP contribution in [-0.4, -0.2) is 41.4 Å². The van der Waals surface area contributed by atoms with Crippen molar-refractivity contribution in [1.29, 1.82) is 0 Å². The van der Waals surface area contributed by atoms with E-state index in [2.05, 4.69) is 52.0 Å². The summed E-state index contributed by atoms with van der Waals surface area (Å²) in [5.74, 6) is 1.51. The zero-order valence-corrected chi connectivity index (χ0v) is 13.5. The van der Waals surface area contributed by atoms with Gasteiger partial charge in [-0.05, 0) is 22.4 Å². The molecule has 5 nitrogen and oxygen atoms in total. The molecule has 2 N–H and O–H groups in total. The Balaban J connectivity index is 2.90. The minimum atomic E-state index is -0.117. The number of halogens is 1. The Labute approximate surface area is 122 Å². The third kappa shape index (κ3) is 5.42. The van der Waals surface area contributed by atoms with Crippen LogP contribution in [0.15, 0.2) is 10.7 Å². The van der Waals surface area contributed by atoms with Crippen LogP contribution in [0.3, 0.4) is 0 Å². The van der Waals surface area contributed by atoms with Gasteiger partial charge in [0.2, 0.25) is 0 Å². The maximum Gasteiger partial charge on any atom is 0.137 e. The van der Waals surface area contributed by atoms with Crippen molar-refractivity contribution in [2.24, 2.45) is 0 Å². The number of aliphatic hydroxyl groups excluding tert-OH is 1. The first-order chi connectivity index (χ1) is 8.86. The predicted octanol–water partition coefficient (Wildman–Crippen LogP) is 2.35. The summed E-state index contributed by atoms with van der Waals surface area (Å²) in [6, 6.07) is 1.86. The molecule has 1 rings (SSSR count). The van der Waals surface area contributed by atoms with E-state index < -0.39 is 0 Å². The summed E-state index contributed by atoms with van der Waals surface area (Å²) in [4.78, 5) is 8.91. The van der Waals surface area contributed by atoms with Gasteiger partial charge < -0.3 is 15.2 Å². The van der Waals surface area contributed by atoms with Crippen LogP contribution in [-0.2, 0) is 10.2 Å². The van der Waals surface area contributed by atoms with E-state index in [4.69, 9.17) is 9.84 Å². The molecular formula is C13H22BrN3O2. The van der Waals surface area contributed by atoms with E-state index in [1.54, 1.807) is 7.11 Å². The Morgan fingerprint density at radius 1 is 1.42 bits per heavy atom. The van der Waals surface area contributed by atoms with Crippen LogP contribution in [0, 0.1) is 0 Å². The minimum absolute atomic E-state index is 0.0321. The fourth-order valence-electron chi connectivity index (χ4n) is 1.59. The van der Waals surface area contributed by atoms with Crippen molar-refractivity contribution in [3.8, 4) is 0 Å². The number of nitrogens with one attached hydrogen (secondary N) is 1. The maximum atomic E-state index is 9.04. The number of rotatable bonds is 6. The van der Waals surface area contributed by atoms with Gasteiger partial charge in [-0.25, -0.2) is 9.97 Å². The van der Waals surface area contributed by atoms with Gasteiger partial charge in [0.1, 0.15) is 16.2 Å². The molecule has 0 aromatic carbocycles. The summed E-state index contributed by atoms with van der Waals surface area (Å²) in [7, 11) is 1.64. The number of aromatic nitrogens is 2. The molecule has 1 aromatic heterocycles. The fourth-order valence-corrected chi connectivity index (χ4v) is 1.98. The van der Waals surface area contributed by atoms with Crippen molar-refractivity contribution < 1.29 is 9.84 Å². The van der Waals surface area contributed by atoms with E-state index in [-0.39, 0.29) is 18.1 Å². The van der Waals surface area contributed by atoms with Crippen LogP contribution in [0.4, 0.5) is 5.82 Å². The molecule has 0 radical (unpaired) electrons. The van der Waals surface area contributed by atoms with Crippen molar-refractivity contribution in [1.82, 2.24) is 9.97 Å². The molecule has 19 heavy (non-hydrogen) atoms. The number of anilines is 1. The van der Waals surface area contributed by atoms with Gasteiger partial charge in [-0.15, -0.1) is 0 Å². The van der Waals surface area contributed by atoms with Gasteiger partial charge in [0.25, 0.3) is 0 Å². The highest BCUT2D eigenvalue weighted by atomic mass is 79.9. The number of nitrogens with zero attached hydrogens (tertiary/aromatic N) is 2. The SMILES string of the molecule is COCC(CCO)Nc1cc(Br)nc(C(C)(C)C)n1. The van der Waals surface area contributed by atoms with E-state index in [1.165, 1.54) is 0 Å². The van der Waals surface area contributed by atoms with Crippen LogP contribution in [0.25, 0.3) is 0 Å². The lowest BCUT2D eigenvalue weighted by Gasteiger charge is -2.21. The lowest BCUT2D eigenvalue weighted by Crippen LogP contribution is -2.27. The largest absolute Gasteiger partial charge is 0.396 e. The molecule has 108 valence electrons. The topological polar surface area (TPSA) is 67.3 Å². The first-order valence-corrected chi connectivity index (χ1v) is 7.07. The molecule has 0 fully saturated rings. The Morgan fingerprint density at radius 2 is 2.11 bits per heavy atom. The van der Waals surface area contributed by atoms with E-state index in [0.29, 0.717) is 13.0 Å². The van der Waals surface area contributed by atoms with Gasteiger partial charge >= 0.3 is 0 Å². The van der Waals surface area contributed by atoms with E-state index >= 15 is 0 Å². The zero-order chi connectivity index (χ0) is 14.5. The van der Waals surface area contributed by atoms with Crippen LogP contribution >= 0.6 is 15.9 Å². The van der Waals surface area contributed by atoms with E-state index in [9.17, 15) is 0 Å². The summed E-state index contributed by atoms with van der Waals surface area (Å²) in [6.07, 6.45) is 0.611. The first-order valence-electron chi connectivity index (χ1n) is 6.28. The summed E-state index contributed by atoms with van der Waals surface area (Å²) in [5, 5.41) is 12.3. The molecule has 0 bridgehead atoms. The van der Waals surface area contributed by atoms with Gasteiger partial charge in [-0.3, -0.25) is 0 Å². The fraction of sp³-hybridized carbons (Fsp3) is 0.692. The zero-order valence-electron chi connectivity index (χ0n) is 11.9. The summed E-state index contributed by atoms with van der Waals surface area (Å²) < 4.78 is 5.87. The second kappa shape index (κ2) is 7.17. The van der Waals surface area contributed by atoms with Crippen molar-refractivity contribution >= 4 is 21.7 Å². The molecule has 0 amide bonds. The summed E-state index contributed by atoms with van der Waals surface area (Å²) in [5.41, 5.74) is -0.117. The Kier molecular flexibility index (Phi) is 6.16. The van der Waals surface area contributed by atoms with Crippen molar-refractivity contribution in [3.63, 3.8) is 0 Å². The van der Waals surface area contributed by atoms with Gasteiger partial charge in [0, 0.05) is 25.2 Å². The van der Waals surface area contributed by atoms with Crippen LogP contribution in [0.2, 0.25) is 0 Å². The van der Waals surface area contributed by atoms with Gasteiger partial charge in [0.15, 0.2) is 0 Å². The van der Waals surface area contributed by atoms with Gasteiger partial charge in [0.05, 0.1) is 12.6 Å². The second-order valence-electron chi connectivity index (χ2n) is 5.46. The molecule has 1 atom stereocenters. The highest BCUT2D eigenvalue weighted by Gasteiger charge is 2.19. The standard InChI is InChI=1S/C13H22BrN3O2/c1-13(2,3)12-16-10(14)7-11(17-12)15-9(5-6-18)8-19-4/h7,9,18H,5-6,8H2,1-4H3,(H,15,16,17). The van der Waals surface area contributed by atoms with Crippen molar-refractivity contribution in [2.45, 2.75) is 38.6 Å². The number of methoxy groups -OCH3 is 1. The smallest absolute Gasteiger partial charge is 0.137 e. The molecule has 0 aliphatic heterocycles. The van der Waals surface area contributed by atoms with Gasteiger partial charge in [-0.2, -0.15) is 0 Å². The summed E-state index contributed by atoms with van der Waals surface area (Å²) >= 11 is 3.40. The molecule has 0 saturated carbocycles. The highest BCUT2D eigenvalue weighted by molar-refractivity contribution is 9.10. The van der Waals surface area contributed by atoms with E-state index in [1.807, 2.05) is 6.07 Å². The normalized spacial score (nSPS) is 13.4. The highest BCUT2D eigenvalue weighted by Crippen LogP contribution is 2.22. The van der Waals surface area contributed by atoms with Crippen molar-refractivity contribution in [2.75, 3.05) is 25.6 Å². The Morgan fingerprint density at radius 3 is 2.63 bits per heavy atom. The van der Waals surface area contributed by atoms with Gasteiger partial charge in [-0.1, -0.05) is 20.8 Å². The van der Waals surface area contributed by atoms with Crippen LogP contribution < -0.4 is 5.32 Å². The third-order valence-corrected chi connectivity index (χ3v) is 2.97. The third-order valence-electron chi connectivity index (χ3n) is 2.56. The predicted molar refractivity (Wildman–Crippen MR) is 79.4 cm³/mol. The molecule has 0 saturated heterocycles. The lowest BCUT2D eigenvalue weighted by molar-refractivity contribution is 0.170. The number of hydrogen-bond donors (Lipinski definition) is 2. The quantitative estimate of drug-likeness (QED) is 0.783. The molecule has 1 aromatic rings. The van der Waals surface area contributed by atoms with Crippen LogP contribution in [0.1, 0.15) is 33.0 Å². The molecule has 1 heterocycles. The molecule has 1 unspecified atom stereocenters. The average Bonchev–Trinajstić information content (AvgIpc) is 2.27. The van der Waals surface area contributed by atoms with E-state index in [0.717, 1.165) is 16.2 Å². The molecule has 0 spiro atoms. The van der Waals surface area contributed by atoms with Crippen molar-refractivity contribution in [3.05, 3.63) is 16.5 Å². The maximum absolute atomic E-state index is 9.04. The number of hydrogen-bond acceptors (Lipinski definition) is 5. The summed E-state index contributed by atoms with van der Waals surface area (Å²) in [6.45, 7) is 6.84. The molecule has 0 aliphatic rings. The first kappa shape index (κ1) is 16.3.